The molecule has 0 unspecified atom stereocenters. The van der Waals surface area contributed by atoms with E-state index in [9.17, 15) is 14.4 Å². The first kappa shape index (κ1) is 23.9. The summed E-state index contributed by atoms with van der Waals surface area (Å²) in [5.41, 5.74) is 10.7. The molecular weight excluding hydrogens is 468 g/mol. The Morgan fingerprint density at radius 1 is 1.05 bits per heavy atom. The minimum Gasteiger partial charge on any atom is -0.383 e. The van der Waals surface area contributed by atoms with Gasteiger partial charge < -0.3 is 16.0 Å². The molecule has 1 atom stereocenters. The number of pyridine rings is 1. The van der Waals surface area contributed by atoms with E-state index in [1.165, 1.54) is 0 Å². The van der Waals surface area contributed by atoms with Gasteiger partial charge in [0.05, 0.1) is 11.8 Å². The number of nitrogens with two attached hydrogens (primary N) is 1. The van der Waals surface area contributed by atoms with Crippen molar-refractivity contribution < 1.29 is 14.4 Å². The molecule has 9 nitrogen and oxygen atoms in total. The minimum absolute atomic E-state index is 0.105. The lowest BCUT2D eigenvalue weighted by Gasteiger charge is -2.18. The monoisotopic (exact) mass is 494 g/mol. The molecule has 2 aromatic carbocycles. The van der Waals surface area contributed by atoms with Gasteiger partial charge in [-0.25, -0.2) is 4.98 Å². The second kappa shape index (κ2) is 10.1. The third kappa shape index (κ3) is 4.97. The van der Waals surface area contributed by atoms with E-state index in [4.69, 9.17) is 5.73 Å². The van der Waals surface area contributed by atoms with Gasteiger partial charge in [0.2, 0.25) is 0 Å². The van der Waals surface area contributed by atoms with Crippen molar-refractivity contribution in [1.82, 2.24) is 25.0 Å². The summed E-state index contributed by atoms with van der Waals surface area (Å²) in [6.07, 6.45) is 6.61. The topological polar surface area (TPSA) is 123 Å². The van der Waals surface area contributed by atoms with E-state index < -0.39 is 0 Å². The number of anilines is 1. The van der Waals surface area contributed by atoms with Crippen molar-refractivity contribution in [3.05, 3.63) is 89.9 Å². The molecule has 0 saturated carbocycles. The van der Waals surface area contributed by atoms with Crippen LogP contribution in [0.15, 0.2) is 73.2 Å². The Hall–Kier alpha value is -4.79. The first-order chi connectivity index (χ1) is 17.9. The molecule has 1 fully saturated rings. The number of likely N-dealkylation sites (tertiary alicyclic amines) is 1. The average Bonchev–Trinajstić information content (AvgIpc) is 3.57. The summed E-state index contributed by atoms with van der Waals surface area (Å²) in [6, 6.07) is 16.1. The van der Waals surface area contributed by atoms with Crippen molar-refractivity contribution in [3.63, 3.8) is 0 Å². The third-order valence-electron chi connectivity index (χ3n) is 6.54. The van der Waals surface area contributed by atoms with Crippen LogP contribution in [0.25, 0.3) is 22.3 Å². The van der Waals surface area contributed by atoms with Crippen molar-refractivity contribution in [2.24, 2.45) is 7.05 Å². The molecule has 0 radical (unpaired) electrons. The van der Waals surface area contributed by atoms with Gasteiger partial charge in [-0.1, -0.05) is 36.4 Å². The number of benzene rings is 2. The molecule has 2 amide bonds. The van der Waals surface area contributed by atoms with Crippen LogP contribution >= 0.6 is 0 Å². The molecule has 1 aliphatic rings. The molecule has 4 aromatic rings. The Morgan fingerprint density at radius 3 is 2.57 bits per heavy atom. The summed E-state index contributed by atoms with van der Waals surface area (Å²) in [5.74, 6) is -0.285. The van der Waals surface area contributed by atoms with Crippen LogP contribution in [0.2, 0.25) is 0 Å². The number of amides is 2. The molecule has 3 heterocycles. The number of hydrogen-bond donors (Lipinski definition) is 2. The van der Waals surface area contributed by atoms with Gasteiger partial charge in [-0.05, 0) is 35.7 Å². The number of rotatable bonds is 6. The summed E-state index contributed by atoms with van der Waals surface area (Å²) in [5, 5.41) is 7.15. The van der Waals surface area contributed by atoms with Crippen LogP contribution in [0.5, 0.6) is 0 Å². The van der Waals surface area contributed by atoms with Gasteiger partial charge >= 0.3 is 0 Å². The maximum atomic E-state index is 13.1. The molecule has 37 heavy (non-hydrogen) atoms. The molecule has 1 saturated heterocycles. The van der Waals surface area contributed by atoms with Crippen molar-refractivity contribution in [3.8, 4) is 22.3 Å². The molecular formula is C28H26N6O3. The Bertz CT molecular complexity index is 1480. The van der Waals surface area contributed by atoms with E-state index in [0.29, 0.717) is 30.6 Å². The van der Waals surface area contributed by atoms with E-state index >= 15 is 0 Å². The largest absolute Gasteiger partial charge is 0.383 e. The fourth-order valence-corrected chi connectivity index (χ4v) is 4.55. The first-order valence-corrected chi connectivity index (χ1v) is 11.9. The summed E-state index contributed by atoms with van der Waals surface area (Å²) < 4.78 is 1.67. The molecule has 2 aromatic heterocycles. The molecule has 5 rings (SSSR count). The van der Waals surface area contributed by atoms with Gasteiger partial charge in [-0.3, -0.25) is 19.1 Å². The van der Waals surface area contributed by atoms with Crippen LogP contribution in [0, 0.1) is 0 Å². The van der Waals surface area contributed by atoms with Crippen LogP contribution in [0.1, 0.15) is 37.5 Å². The van der Waals surface area contributed by atoms with E-state index in [2.05, 4.69) is 15.4 Å². The lowest BCUT2D eigenvalue weighted by Crippen LogP contribution is -2.38. The highest BCUT2D eigenvalue weighted by atomic mass is 16.2. The van der Waals surface area contributed by atoms with Gasteiger partial charge in [-0.15, -0.1) is 0 Å². The van der Waals surface area contributed by atoms with Gasteiger partial charge in [0.15, 0.2) is 6.29 Å². The highest BCUT2D eigenvalue weighted by molar-refractivity contribution is 6.00. The van der Waals surface area contributed by atoms with Gasteiger partial charge in [0, 0.05) is 60.8 Å². The van der Waals surface area contributed by atoms with Crippen molar-refractivity contribution in [1.29, 1.82) is 0 Å². The first-order valence-electron chi connectivity index (χ1n) is 11.9. The summed E-state index contributed by atoms with van der Waals surface area (Å²) >= 11 is 0. The lowest BCUT2D eigenvalue weighted by molar-refractivity contribution is 0.0783. The second-order valence-corrected chi connectivity index (χ2v) is 9.05. The van der Waals surface area contributed by atoms with Gasteiger partial charge in [0.25, 0.3) is 11.8 Å². The van der Waals surface area contributed by atoms with E-state index in [0.717, 1.165) is 28.5 Å². The Balaban J connectivity index is 1.24. The van der Waals surface area contributed by atoms with Crippen LogP contribution in [0.4, 0.5) is 5.82 Å². The Kier molecular flexibility index (Phi) is 6.51. The fourth-order valence-electron chi connectivity index (χ4n) is 4.55. The number of hydrogen-bond acceptors (Lipinski definition) is 6. The molecule has 0 aliphatic carbocycles. The predicted molar refractivity (Wildman–Crippen MR) is 140 cm³/mol. The maximum absolute atomic E-state index is 13.1. The predicted octanol–water partition coefficient (Wildman–Crippen LogP) is 3.19. The number of aromatic nitrogens is 3. The molecule has 3 N–H and O–H groups in total. The quantitative estimate of drug-likeness (QED) is 0.397. The van der Waals surface area contributed by atoms with Crippen LogP contribution in [-0.4, -0.2) is 56.9 Å². The van der Waals surface area contributed by atoms with E-state index in [1.54, 1.807) is 46.2 Å². The molecule has 0 spiro atoms. The SMILES string of the molecule is Cn1cc(-c2cnc(N)c(C(=O)N[C@@H]3CCN(C(=O)c4ccc(-c5ccccc5C=O)cc4)C3)c2)cn1. The molecule has 9 heteroatoms. The van der Waals surface area contributed by atoms with Crippen LogP contribution < -0.4 is 11.1 Å². The summed E-state index contributed by atoms with van der Waals surface area (Å²) in [4.78, 5) is 43.3. The lowest BCUT2D eigenvalue weighted by atomic mass is 9.99. The molecule has 1 aliphatic heterocycles. The van der Waals surface area contributed by atoms with Gasteiger partial charge in [0.1, 0.15) is 5.82 Å². The minimum atomic E-state index is -0.326. The van der Waals surface area contributed by atoms with Crippen molar-refractivity contribution >= 4 is 23.9 Å². The van der Waals surface area contributed by atoms with Crippen molar-refractivity contribution in [2.75, 3.05) is 18.8 Å². The standard InChI is InChI=1S/C28H26N6O3/c1-33-15-22(14-31-33)21-12-25(26(29)30-13-21)27(36)32-23-10-11-34(16-23)28(37)19-8-6-18(7-9-19)24-5-3-2-4-20(24)17-35/h2-9,12-15,17,23H,10-11,16H2,1H3,(H2,29,30)(H,32,36)/t23-/m1/s1. The van der Waals surface area contributed by atoms with E-state index in [1.807, 2.05) is 43.6 Å². The van der Waals surface area contributed by atoms with Crippen LogP contribution in [0.3, 0.4) is 0 Å². The van der Waals surface area contributed by atoms with Crippen LogP contribution in [-0.2, 0) is 7.05 Å². The average molecular weight is 495 g/mol. The number of aldehydes is 1. The number of nitrogens with zero attached hydrogens (tertiary/aromatic N) is 4. The summed E-state index contributed by atoms with van der Waals surface area (Å²) in [7, 11) is 1.82. The zero-order valence-corrected chi connectivity index (χ0v) is 20.3. The highest BCUT2D eigenvalue weighted by Crippen LogP contribution is 2.25. The number of aryl methyl sites for hydroxylation is 1. The molecule has 0 bridgehead atoms. The third-order valence-corrected chi connectivity index (χ3v) is 6.54. The van der Waals surface area contributed by atoms with Crippen molar-refractivity contribution in [2.45, 2.75) is 12.5 Å². The highest BCUT2D eigenvalue weighted by Gasteiger charge is 2.29. The Morgan fingerprint density at radius 2 is 1.84 bits per heavy atom. The Labute approximate surface area is 213 Å². The number of nitrogen functional groups attached to an aromatic ring is 1. The van der Waals surface area contributed by atoms with E-state index in [-0.39, 0.29) is 29.2 Å². The zero-order chi connectivity index (χ0) is 25.9. The fraction of sp³-hybridized carbons (Fsp3) is 0.179. The smallest absolute Gasteiger partial charge is 0.255 e. The zero-order valence-electron chi connectivity index (χ0n) is 20.3. The number of nitrogens with one attached hydrogen (secondary N) is 1. The maximum Gasteiger partial charge on any atom is 0.255 e. The number of carbonyl (C=O) groups is 3. The molecule has 186 valence electrons. The number of carbonyl (C=O) groups excluding carboxylic acids is 3. The van der Waals surface area contributed by atoms with Gasteiger partial charge in [-0.2, -0.15) is 5.10 Å². The summed E-state index contributed by atoms with van der Waals surface area (Å²) in [6.45, 7) is 0.929. The second-order valence-electron chi connectivity index (χ2n) is 9.05. The normalized spacial score (nSPS) is 14.9.